The maximum atomic E-state index is 14.0. The second-order valence-electron chi connectivity index (χ2n) is 3.67. The Labute approximate surface area is 176 Å². The highest BCUT2D eigenvalue weighted by Gasteiger charge is 2.35. The Kier molecular flexibility index (Phi) is 14.2. The number of hydrogen-bond acceptors (Lipinski definition) is 6. The Balaban J connectivity index is 0. The molecule has 0 aliphatic rings. The second kappa shape index (κ2) is 13.8. The molecule has 0 saturated carbocycles. The van der Waals surface area contributed by atoms with E-state index in [4.69, 9.17) is 46.4 Å². The van der Waals surface area contributed by atoms with Crippen LogP contribution in [0.3, 0.4) is 0 Å². The van der Waals surface area contributed by atoms with Crippen molar-refractivity contribution >= 4 is 70.1 Å². The summed E-state index contributed by atoms with van der Waals surface area (Å²) in [5.74, 6) is -3.76. The van der Waals surface area contributed by atoms with Crippen LogP contribution in [0.25, 0.3) is 0 Å². The number of anilines is 1. The summed E-state index contributed by atoms with van der Waals surface area (Å²) < 4.78 is 20.3. The fourth-order valence-corrected chi connectivity index (χ4v) is 1.48. The number of ether oxygens (including phenoxy) is 2. The molecular formula is C15H19Cl4FN2O5. The normalized spacial score (nSPS) is 9.70. The zero-order chi connectivity index (χ0) is 21.8. The van der Waals surface area contributed by atoms with Crippen molar-refractivity contribution in [1.29, 1.82) is 0 Å². The number of halogens is 5. The Bertz CT molecular complexity index is 654. The molecule has 0 saturated heterocycles. The van der Waals surface area contributed by atoms with E-state index in [0.717, 1.165) is 6.20 Å². The van der Waals surface area contributed by atoms with Crippen molar-refractivity contribution in [3.05, 3.63) is 22.7 Å². The van der Waals surface area contributed by atoms with Gasteiger partial charge in [-0.2, -0.15) is 0 Å². The van der Waals surface area contributed by atoms with Gasteiger partial charge in [-0.15, -0.1) is 0 Å². The first-order chi connectivity index (χ1) is 12.6. The minimum absolute atomic E-state index is 0.0152. The van der Waals surface area contributed by atoms with Crippen LogP contribution < -0.4 is 5.32 Å². The Morgan fingerprint density at radius 3 is 2.15 bits per heavy atom. The van der Waals surface area contributed by atoms with Gasteiger partial charge in [0.2, 0.25) is 0 Å². The summed E-state index contributed by atoms with van der Waals surface area (Å²) in [4.78, 5) is 37.9. The number of hydrogen-bond donors (Lipinski definition) is 1. The van der Waals surface area contributed by atoms with Gasteiger partial charge in [-0.3, -0.25) is 5.32 Å². The number of alkyl halides is 3. The van der Waals surface area contributed by atoms with Gasteiger partial charge >= 0.3 is 18.0 Å². The lowest BCUT2D eigenvalue weighted by Crippen LogP contribution is -2.28. The van der Waals surface area contributed by atoms with Gasteiger partial charge in [-0.1, -0.05) is 74.1 Å². The quantitative estimate of drug-likeness (QED) is 0.271. The molecule has 1 aromatic rings. The summed E-state index contributed by atoms with van der Waals surface area (Å²) in [7, 11) is 0. The van der Waals surface area contributed by atoms with Crippen LogP contribution in [0.5, 0.6) is 0 Å². The molecule has 0 bridgehead atoms. The molecule has 154 valence electrons. The molecule has 0 unspecified atom stereocenters. The third-order valence-corrected chi connectivity index (χ3v) is 2.84. The van der Waals surface area contributed by atoms with Crippen molar-refractivity contribution in [3.63, 3.8) is 0 Å². The van der Waals surface area contributed by atoms with Gasteiger partial charge in [-0.25, -0.2) is 23.8 Å². The maximum Gasteiger partial charge on any atom is 0.419 e. The summed E-state index contributed by atoms with van der Waals surface area (Å²) in [6, 6.07) is 0. The number of pyridine rings is 1. The molecule has 1 amide bonds. The minimum Gasteiger partial charge on any atom is -0.462 e. The van der Waals surface area contributed by atoms with E-state index in [1.54, 1.807) is 5.32 Å². The van der Waals surface area contributed by atoms with Crippen LogP contribution in [0.15, 0.2) is 6.20 Å². The number of nitrogens with one attached hydrogen (secondary N) is 1. The van der Waals surface area contributed by atoms with E-state index >= 15 is 0 Å². The predicted octanol–water partition coefficient (Wildman–Crippen LogP) is 5.55. The largest absolute Gasteiger partial charge is 0.462 e. The molecular weight excluding hydrogens is 449 g/mol. The third kappa shape index (κ3) is 9.41. The van der Waals surface area contributed by atoms with Gasteiger partial charge < -0.3 is 9.47 Å². The number of carbonyl (C=O) groups excluding carboxylic acids is 3. The highest BCUT2D eigenvalue weighted by molar-refractivity contribution is 6.75. The fourth-order valence-electron chi connectivity index (χ4n) is 1.22. The highest BCUT2D eigenvalue weighted by atomic mass is 35.6. The van der Waals surface area contributed by atoms with Crippen molar-refractivity contribution in [2.75, 3.05) is 11.9 Å². The van der Waals surface area contributed by atoms with Crippen molar-refractivity contribution in [2.45, 2.75) is 38.4 Å². The van der Waals surface area contributed by atoms with Crippen LogP contribution in [-0.2, 0) is 14.3 Å². The van der Waals surface area contributed by atoms with E-state index in [9.17, 15) is 18.8 Å². The maximum absolute atomic E-state index is 14.0. The minimum atomic E-state index is -2.52. The molecule has 1 aromatic heterocycles. The third-order valence-electron chi connectivity index (χ3n) is 2.12. The summed E-state index contributed by atoms with van der Waals surface area (Å²) >= 11 is 21.1. The van der Waals surface area contributed by atoms with Crippen LogP contribution in [0.4, 0.5) is 14.9 Å². The standard InChI is InChI=1S/C11H7Cl4FN2O5.2C2H6/c1-2-22-8(19)4-3-17-7(12)5(16)6(4)18-10(21)23-9(20)11(13,14)15;2*1-2/h3H,2H2,1H3,(H,17,18,21);2*1-2H3. The topological polar surface area (TPSA) is 94.6 Å². The fraction of sp³-hybridized carbons (Fsp3) is 0.467. The van der Waals surface area contributed by atoms with Gasteiger partial charge in [0.1, 0.15) is 5.56 Å². The molecule has 0 aliphatic carbocycles. The number of rotatable bonds is 3. The van der Waals surface area contributed by atoms with Crippen molar-refractivity contribution < 1.29 is 28.2 Å². The average Bonchev–Trinajstić information content (AvgIpc) is 2.62. The van der Waals surface area contributed by atoms with E-state index < -0.39 is 44.0 Å². The second-order valence-corrected chi connectivity index (χ2v) is 6.31. The molecule has 7 nitrogen and oxygen atoms in total. The molecule has 0 aromatic carbocycles. The van der Waals surface area contributed by atoms with E-state index in [2.05, 4.69) is 14.5 Å². The van der Waals surface area contributed by atoms with E-state index in [1.165, 1.54) is 6.92 Å². The lowest BCUT2D eigenvalue weighted by Gasteiger charge is -2.13. The molecule has 0 atom stereocenters. The van der Waals surface area contributed by atoms with Crippen LogP contribution in [0.2, 0.25) is 5.15 Å². The van der Waals surface area contributed by atoms with Crippen LogP contribution in [-0.4, -0.2) is 33.4 Å². The number of nitrogens with zero attached hydrogens (tertiary/aromatic N) is 1. The van der Waals surface area contributed by atoms with Gasteiger partial charge in [0.05, 0.1) is 12.3 Å². The van der Waals surface area contributed by atoms with Crippen LogP contribution >= 0.6 is 46.4 Å². The lowest BCUT2D eigenvalue weighted by molar-refractivity contribution is -0.135. The molecule has 12 heteroatoms. The Hall–Kier alpha value is -1.35. The molecule has 0 radical (unpaired) electrons. The van der Waals surface area contributed by atoms with E-state index in [-0.39, 0.29) is 6.61 Å². The SMILES string of the molecule is CC.CC.CCOC(=O)c1cnc(Cl)c(F)c1NC(=O)OC(=O)C(Cl)(Cl)Cl. The summed E-state index contributed by atoms with van der Waals surface area (Å²) in [6.07, 6.45) is -0.636. The average molecular weight is 468 g/mol. The van der Waals surface area contributed by atoms with Crippen LogP contribution in [0, 0.1) is 5.82 Å². The molecule has 0 aliphatic heterocycles. The Morgan fingerprint density at radius 2 is 1.70 bits per heavy atom. The molecule has 1 rings (SSSR count). The van der Waals surface area contributed by atoms with Crippen molar-refractivity contribution in [1.82, 2.24) is 4.98 Å². The highest BCUT2D eigenvalue weighted by Crippen LogP contribution is 2.29. The lowest BCUT2D eigenvalue weighted by atomic mass is 10.2. The van der Waals surface area contributed by atoms with Crippen molar-refractivity contribution in [3.8, 4) is 0 Å². The zero-order valence-electron chi connectivity index (χ0n) is 15.2. The first-order valence-electron chi connectivity index (χ1n) is 7.69. The number of aromatic nitrogens is 1. The first kappa shape index (κ1) is 27.9. The number of carbonyl (C=O) groups is 3. The predicted molar refractivity (Wildman–Crippen MR) is 103 cm³/mol. The molecule has 27 heavy (non-hydrogen) atoms. The van der Waals surface area contributed by atoms with E-state index in [1.807, 2.05) is 27.7 Å². The van der Waals surface area contributed by atoms with Gasteiger partial charge in [0.25, 0.3) is 3.79 Å². The van der Waals surface area contributed by atoms with Gasteiger partial charge in [-0.05, 0) is 6.92 Å². The van der Waals surface area contributed by atoms with Gasteiger partial charge in [0, 0.05) is 6.20 Å². The van der Waals surface area contributed by atoms with Crippen molar-refractivity contribution in [2.24, 2.45) is 0 Å². The first-order valence-corrected chi connectivity index (χ1v) is 9.20. The molecule has 0 fully saturated rings. The smallest absolute Gasteiger partial charge is 0.419 e. The number of amides is 1. The Morgan fingerprint density at radius 1 is 1.19 bits per heavy atom. The van der Waals surface area contributed by atoms with Crippen LogP contribution in [0.1, 0.15) is 45.0 Å². The summed E-state index contributed by atoms with van der Waals surface area (Å²) in [6.45, 7) is 9.50. The zero-order valence-corrected chi connectivity index (χ0v) is 18.2. The van der Waals surface area contributed by atoms with E-state index in [0.29, 0.717) is 0 Å². The summed E-state index contributed by atoms with van der Waals surface area (Å²) in [5, 5.41) is 1.17. The molecule has 0 spiro atoms. The monoisotopic (exact) mass is 466 g/mol. The molecule has 1 N–H and O–H groups in total. The summed E-state index contributed by atoms with van der Waals surface area (Å²) in [5.41, 5.74) is -1.16. The number of esters is 2. The van der Waals surface area contributed by atoms with Gasteiger partial charge in [0.15, 0.2) is 11.0 Å². The molecule has 1 heterocycles.